The van der Waals surface area contributed by atoms with E-state index in [1.165, 1.54) is 141 Å². The van der Waals surface area contributed by atoms with E-state index in [0.29, 0.717) is 19.3 Å². The van der Waals surface area contributed by atoms with Crippen LogP contribution in [0.1, 0.15) is 316 Å². The van der Waals surface area contributed by atoms with Crippen molar-refractivity contribution in [1.82, 2.24) is 0 Å². The summed E-state index contributed by atoms with van der Waals surface area (Å²) in [6.07, 6.45) is 69.6. The number of carbonyl (C=O) groups is 4. The zero-order valence-electron chi connectivity index (χ0n) is 55.5. The number of allylic oxidation sites excluding steroid dienone is 14. The van der Waals surface area contributed by atoms with E-state index in [2.05, 4.69) is 106 Å². The molecule has 1 aliphatic heterocycles. The SMILES string of the molecule is CC/C=C\C/C=C\C/C=C\C/C=C\C/C=C\CCCCCC(=O)OCC(COC1OC(C(=O)O)C(O)C(O)C1OC(=O)CCCCCCCCCCCCCCCCCCCCC)OC(=O)CCCCCCCCCCC/C=C\C/C=C\CCCCC. The number of aliphatic hydroxyl groups is 2. The summed E-state index contributed by atoms with van der Waals surface area (Å²) < 4.78 is 28.6. The van der Waals surface area contributed by atoms with Crippen molar-refractivity contribution in [1.29, 1.82) is 0 Å². The van der Waals surface area contributed by atoms with Crippen molar-refractivity contribution < 1.29 is 58.2 Å². The van der Waals surface area contributed by atoms with E-state index in [-0.39, 0.29) is 25.9 Å². The number of carbonyl (C=O) groups excluding carboxylic acids is 3. The standard InChI is InChI=1S/C75H128O12/c1-4-7-10-13-16-19-22-25-28-31-34-37-40-43-46-49-52-55-58-61-67(76)83-64-66(85-68(77)62-59-56-53-50-47-44-41-38-35-32-29-26-23-20-17-14-11-8-5-2)65-84-75-73(71(80)70(79)72(87-75)74(81)82)86-69(78)63-60-57-54-51-48-45-42-39-36-33-30-27-24-21-18-15-12-9-6-3/h7,10,16-17,19-20,25-26,28-29,34,37,43,46,66,70-73,75,79-80H,4-6,8-9,11-15,18,21-24,27,30-33,35-36,38-42,44-45,47-65H2,1-3H3,(H,81,82)/b10-7-,19-16-,20-17-,28-25-,29-26-,37-34-,46-43-. The summed E-state index contributed by atoms with van der Waals surface area (Å²) in [7, 11) is 0. The quantitative estimate of drug-likeness (QED) is 0.0228. The van der Waals surface area contributed by atoms with Crippen LogP contribution < -0.4 is 0 Å². The molecule has 1 aliphatic rings. The summed E-state index contributed by atoms with van der Waals surface area (Å²) in [5, 5.41) is 31.7. The Kier molecular flexibility index (Phi) is 57.8. The number of unbranched alkanes of at least 4 members (excludes halogenated alkanes) is 33. The number of aliphatic hydroxyl groups excluding tert-OH is 2. The van der Waals surface area contributed by atoms with Gasteiger partial charge in [0.1, 0.15) is 18.8 Å². The number of esters is 3. The highest BCUT2D eigenvalue weighted by atomic mass is 16.7. The Morgan fingerprint density at radius 3 is 1.14 bits per heavy atom. The van der Waals surface area contributed by atoms with Gasteiger partial charge in [0.2, 0.25) is 0 Å². The van der Waals surface area contributed by atoms with Gasteiger partial charge >= 0.3 is 23.9 Å². The van der Waals surface area contributed by atoms with Crippen LogP contribution in [-0.2, 0) is 42.9 Å². The lowest BCUT2D eigenvalue weighted by Crippen LogP contribution is -2.61. The van der Waals surface area contributed by atoms with Crippen LogP contribution in [0.15, 0.2) is 85.1 Å². The predicted molar refractivity (Wildman–Crippen MR) is 358 cm³/mol. The van der Waals surface area contributed by atoms with Gasteiger partial charge in [0.15, 0.2) is 24.6 Å². The van der Waals surface area contributed by atoms with Crippen LogP contribution in [0.25, 0.3) is 0 Å². The van der Waals surface area contributed by atoms with Gasteiger partial charge in [0.05, 0.1) is 6.61 Å². The fourth-order valence-corrected chi connectivity index (χ4v) is 10.5. The molecule has 0 spiro atoms. The molecule has 12 nitrogen and oxygen atoms in total. The van der Waals surface area contributed by atoms with Gasteiger partial charge in [-0.1, -0.05) is 286 Å². The Labute approximate surface area is 531 Å². The maximum absolute atomic E-state index is 13.3. The average Bonchev–Trinajstić information content (AvgIpc) is 2.56. The van der Waals surface area contributed by atoms with Crippen molar-refractivity contribution in [2.24, 2.45) is 0 Å². The molecule has 87 heavy (non-hydrogen) atoms. The summed E-state index contributed by atoms with van der Waals surface area (Å²) in [5.41, 5.74) is 0. The van der Waals surface area contributed by atoms with Crippen molar-refractivity contribution in [2.45, 2.75) is 353 Å². The Hall–Kier alpha value is -4.10. The summed E-state index contributed by atoms with van der Waals surface area (Å²) in [4.78, 5) is 51.5. The third kappa shape index (κ3) is 51.4. The molecular weight excluding hydrogens is 1090 g/mol. The second-order valence-electron chi connectivity index (χ2n) is 24.1. The van der Waals surface area contributed by atoms with Crippen LogP contribution in [0, 0.1) is 0 Å². The van der Waals surface area contributed by atoms with Gasteiger partial charge in [0.25, 0.3) is 0 Å². The van der Waals surface area contributed by atoms with Crippen LogP contribution in [0.4, 0.5) is 0 Å². The summed E-state index contributed by atoms with van der Waals surface area (Å²) in [6, 6.07) is 0. The van der Waals surface area contributed by atoms with Gasteiger partial charge < -0.3 is 39.0 Å². The van der Waals surface area contributed by atoms with E-state index in [1.54, 1.807) is 0 Å². The van der Waals surface area contributed by atoms with Crippen LogP contribution in [0.3, 0.4) is 0 Å². The van der Waals surface area contributed by atoms with E-state index in [9.17, 15) is 34.5 Å². The summed E-state index contributed by atoms with van der Waals surface area (Å²) >= 11 is 0. The number of hydrogen-bond acceptors (Lipinski definition) is 11. The molecule has 3 N–H and O–H groups in total. The number of hydrogen-bond donors (Lipinski definition) is 3. The molecule has 0 bridgehead atoms. The predicted octanol–water partition coefficient (Wildman–Crippen LogP) is 19.8. The largest absolute Gasteiger partial charge is 0.479 e. The molecule has 12 heteroatoms. The molecule has 1 saturated heterocycles. The van der Waals surface area contributed by atoms with Gasteiger partial charge in [-0.05, 0) is 96.3 Å². The van der Waals surface area contributed by atoms with Gasteiger partial charge in [0, 0.05) is 19.3 Å². The first-order valence-electron chi connectivity index (χ1n) is 35.6. The van der Waals surface area contributed by atoms with Gasteiger partial charge in [-0.2, -0.15) is 0 Å². The fraction of sp³-hybridized carbons (Fsp3) is 0.760. The van der Waals surface area contributed by atoms with E-state index < -0.39 is 67.3 Å². The first-order valence-corrected chi connectivity index (χ1v) is 35.6. The number of aliphatic carboxylic acids is 1. The lowest BCUT2D eigenvalue weighted by atomic mass is 9.98. The van der Waals surface area contributed by atoms with E-state index in [0.717, 1.165) is 116 Å². The zero-order valence-corrected chi connectivity index (χ0v) is 55.5. The minimum absolute atomic E-state index is 0.0583. The van der Waals surface area contributed by atoms with Gasteiger partial charge in [-0.25, -0.2) is 4.79 Å². The van der Waals surface area contributed by atoms with Crippen LogP contribution >= 0.6 is 0 Å². The van der Waals surface area contributed by atoms with Crippen LogP contribution in [-0.4, -0.2) is 89.2 Å². The lowest BCUT2D eigenvalue weighted by molar-refractivity contribution is -0.301. The Balaban J connectivity index is 2.65. The molecule has 0 aromatic rings. The highest BCUT2D eigenvalue weighted by molar-refractivity contribution is 5.74. The normalized spacial score (nSPS) is 17.8. The second kappa shape index (κ2) is 62.1. The lowest BCUT2D eigenvalue weighted by Gasteiger charge is -2.40. The van der Waals surface area contributed by atoms with E-state index >= 15 is 0 Å². The number of carboxylic acids is 1. The Morgan fingerprint density at radius 2 is 0.724 bits per heavy atom. The van der Waals surface area contributed by atoms with Gasteiger partial charge in [-0.3, -0.25) is 14.4 Å². The van der Waals surface area contributed by atoms with E-state index in [1.807, 2.05) is 0 Å². The van der Waals surface area contributed by atoms with Crippen LogP contribution in [0.5, 0.6) is 0 Å². The topological polar surface area (TPSA) is 175 Å². The van der Waals surface area contributed by atoms with Crippen molar-refractivity contribution in [2.75, 3.05) is 13.2 Å². The molecule has 0 amide bonds. The minimum Gasteiger partial charge on any atom is -0.479 e. The molecule has 500 valence electrons. The molecule has 0 saturated carbocycles. The molecule has 1 rings (SSSR count). The molecule has 1 fully saturated rings. The third-order valence-electron chi connectivity index (χ3n) is 16.0. The number of carboxylic acid groups (broad SMARTS) is 1. The molecule has 0 aromatic carbocycles. The maximum Gasteiger partial charge on any atom is 0.335 e. The molecule has 6 atom stereocenters. The van der Waals surface area contributed by atoms with Crippen molar-refractivity contribution >= 4 is 23.9 Å². The van der Waals surface area contributed by atoms with Crippen molar-refractivity contribution in [3.8, 4) is 0 Å². The molecule has 0 aromatic heterocycles. The maximum atomic E-state index is 13.3. The van der Waals surface area contributed by atoms with Gasteiger partial charge in [-0.15, -0.1) is 0 Å². The smallest absolute Gasteiger partial charge is 0.335 e. The molecule has 6 unspecified atom stereocenters. The first kappa shape index (κ1) is 80.9. The number of rotatable bonds is 61. The Bertz CT molecular complexity index is 1830. The minimum atomic E-state index is -1.91. The average molecular weight is 1220 g/mol. The Morgan fingerprint density at radius 1 is 0.391 bits per heavy atom. The van der Waals surface area contributed by atoms with Crippen molar-refractivity contribution in [3.63, 3.8) is 0 Å². The molecule has 1 heterocycles. The van der Waals surface area contributed by atoms with E-state index in [4.69, 9.17) is 23.7 Å². The molecule has 0 radical (unpaired) electrons. The summed E-state index contributed by atoms with van der Waals surface area (Å²) in [5.74, 6) is -3.15. The van der Waals surface area contributed by atoms with Crippen molar-refractivity contribution in [3.05, 3.63) is 85.1 Å². The van der Waals surface area contributed by atoms with Crippen LogP contribution in [0.2, 0.25) is 0 Å². The molecular formula is C75H128O12. The highest BCUT2D eigenvalue weighted by Gasteiger charge is 2.50. The third-order valence-corrected chi connectivity index (χ3v) is 16.0. The monoisotopic (exact) mass is 1220 g/mol. The number of ether oxygens (including phenoxy) is 5. The fourth-order valence-electron chi connectivity index (χ4n) is 10.5. The molecule has 0 aliphatic carbocycles. The summed E-state index contributed by atoms with van der Waals surface area (Å²) in [6.45, 7) is 5.88. The second-order valence-corrected chi connectivity index (χ2v) is 24.1. The first-order chi connectivity index (χ1) is 42.6. The zero-order chi connectivity index (χ0) is 63.1. The highest BCUT2D eigenvalue weighted by Crippen LogP contribution is 2.27.